The Labute approximate surface area is 125 Å². The van der Waals surface area contributed by atoms with E-state index in [0.29, 0.717) is 11.1 Å². The van der Waals surface area contributed by atoms with Crippen molar-refractivity contribution in [2.24, 2.45) is 0 Å². The maximum absolute atomic E-state index is 12.2. The van der Waals surface area contributed by atoms with Gasteiger partial charge in [0.2, 0.25) is 5.89 Å². The molecule has 1 N–H and O–H groups in total. The minimum atomic E-state index is -0.627. The van der Waals surface area contributed by atoms with Crippen LogP contribution in [0.3, 0.4) is 0 Å². The van der Waals surface area contributed by atoms with Crippen LogP contribution in [-0.4, -0.2) is 26.5 Å². The van der Waals surface area contributed by atoms with Gasteiger partial charge in [-0.3, -0.25) is 4.57 Å². The first-order valence-electron chi connectivity index (χ1n) is 6.74. The molecule has 7 heteroatoms. The summed E-state index contributed by atoms with van der Waals surface area (Å²) in [6.07, 6.45) is 1.17. The third-order valence-corrected chi connectivity index (χ3v) is 2.97. The van der Waals surface area contributed by atoms with E-state index in [-0.39, 0.29) is 5.89 Å². The second-order valence-electron chi connectivity index (χ2n) is 5.86. The predicted molar refractivity (Wildman–Crippen MR) is 79.7 cm³/mol. The van der Waals surface area contributed by atoms with E-state index in [9.17, 15) is 9.59 Å². The molecule has 1 aromatic carbocycles. The average Bonchev–Trinajstić information content (AvgIpc) is 3.01. The van der Waals surface area contributed by atoms with E-state index < -0.39 is 17.5 Å². The van der Waals surface area contributed by atoms with Crippen molar-refractivity contribution in [3.8, 4) is 11.5 Å². The highest BCUT2D eigenvalue weighted by atomic mass is 16.6. The number of aromatic amines is 1. The highest BCUT2D eigenvalue weighted by molar-refractivity contribution is 5.91. The summed E-state index contributed by atoms with van der Waals surface area (Å²) >= 11 is 0. The van der Waals surface area contributed by atoms with Crippen molar-refractivity contribution in [1.29, 1.82) is 0 Å². The quantitative estimate of drug-likeness (QED) is 0.746. The molecule has 0 unspecified atom stereocenters. The van der Waals surface area contributed by atoms with E-state index in [1.54, 1.807) is 39.1 Å². The largest absolute Gasteiger partial charge is 0.443 e. The van der Waals surface area contributed by atoms with Gasteiger partial charge >= 0.3 is 11.8 Å². The highest BCUT2D eigenvalue weighted by Crippen LogP contribution is 2.24. The lowest BCUT2D eigenvalue weighted by atomic mass is 10.1. The van der Waals surface area contributed by atoms with Gasteiger partial charge in [0.05, 0.1) is 5.52 Å². The molecular weight excluding hydrogens is 286 g/mol. The molecule has 3 aromatic rings. The molecule has 0 saturated carbocycles. The van der Waals surface area contributed by atoms with E-state index >= 15 is 0 Å². The molecule has 0 saturated heterocycles. The molecule has 2 heterocycles. The Balaban J connectivity index is 2.06. The smallest absolute Gasteiger partial charge is 0.434 e. The summed E-state index contributed by atoms with van der Waals surface area (Å²) in [4.78, 5) is 23.3. The second-order valence-corrected chi connectivity index (χ2v) is 5.86. The van der Waals surface area contributed by atoms with Crippen LogP contribution in [0.15, 0.2) is 39.7 Å². The van der Waals surface area contributed by atoms with Crippen LogP contribution < -0.4 is 5.76 Å². The van der Waals surface area contributed by atoms with Gasteiger partial charge in [0, 0.05) is 17.1 Å². The normalized spacial score (nSPS) is 11.8. The maximum Gasteiger partial charge on any atom is 0.434 e. The highest BCUT2D eigenvalue weighted by Gasteiger charge is 2.19. The van der Waals surface area contributed by atoms with Crippen LogP contribution in [0.5, 0.6) is 0 Å². The van der Waals surface area contributed by atoms with Gasteiger partial charge in [-0.05, 0) is 39.0 Å². The van der Waals surface area contributed by atoms with E-state index in [2.05, 4.69) is 10.2 Å². The molecule has 0 spiro atoms. The fourth-order valence-corrected chi connectivity index (χ4v) is 2.09. The third-order valence-electron chi connectivity index (χ3n) is 2.97. The Kier molecular flexibility index (Phi) is 3.13. The van der Waals surface area contributed by atoms with Gasteiger partial charge in [-0.2, -0.15) is 0 Å². The Morgan fingerprint density at radius 2 is 2.09 bits per heavy atom. The van der Waals surface area contributed by atoms with Crippen molar-refractivity contribution in [3.63, 3.8) is 0 Å². The van der Waals surface area contributed by atoms with Crippen LogP contribution >= 0.6 is 0 Å². The SMILES string of the molecule is CC(C)(C)OC(=O)n1ccc2ccc(-c3n[nH]c(=O)o3)cc21. The van der Waals surface area contributed by atoms with Gasteiger partial charge in [0.15, 0.2) is 0 Å². The minimum Gasteiger partial charge on any atom is -0.443 e. The second kappa shape index (κ2) is 4.87. The number of benzene rings is 1. The molecule has 114 valence electrons. The Morgan fingerprint density at radius 1 is 1.32 bits per heavy atom. The number of ether oxygens (including phenoxy) is 1. The van der Waals surface area contributed by atoms with Crippen LogP contribution in [0.4, 0.5) is 4.79 Å². The van der Waals surface area contributed by atoms with Crippen LogP contribution in [0.25, 0.3) is 22.4 Å². The number of hydrogen-bond donors (Lipinski definition) is 1. The lowest BCUT2D eigenvalue weighted by Crippen LogP contribution is -2.26. The number of carbonyl (C=O) groups excluding carboxylic acids is 1. The zero-order valence-electron chi connectivity index (χ0n) is 12.4. The van der Waals surface area contributed by atoms with Gasteiger partial charge in [0.1, 0.15) is 5.60 Å². The molecule has 0 aliphatic heterocycles. The predicted octanol–water partition coefficient (Wildman–Crippen LogP) is 2.77. The summed E-state index contributed by atoms with van der Waals surface area (Å²) in [6.45, 7) is 5.42. The molecule has 0 aliphatic carbocycles. The fraction of sp³-hybridized carbons (Fsp3) is 0.267. The molecule has 0 amide bonds. The summed E-state index contributed by atoms with van der Waals surface area (Å²) in [6, 6.07) is 7.11. The lowest BCUT2D eigenvalue weighted by molar-refractivity contribution is 0.0544. The van der Waals surface area contributed by atoms with Gasteiger partial charge in [-0.15, -0.1) is 5.10 Å². The number of rotatable bonds is 1. The molecule has 0 fully saturated rings. The minimum absolute atomic E-state index is 0.170. The van der Waals surface area contributed by atoms with Crippen molar-refractivity contribution in [3.05, 3.63) is 41.0 Å². The van der Waals surface area contributed by atoms with Gasteiger partial charge < -0.3 is 9.15 Å². The molecular formula is C15H15N3O4. The summed E-state index contributed by atoms with van der Waals surface area (Å²) in [5.41, 5.74) is 0.659. The van der Waals surface area contributed by atoms with Crippen LogP contribution in [0.2, 0.25) is 0 Å². The molecule has 2 aromatic heterocycles. The maximum atomic E-state index is 12.2. The number of nitrogens with one attached hydrogen (secondary N) is 1. The molecule has 22 heavy (non-hydrogen) atoms. The average molecular weight is 301 g/mol. The van der Waals surface area contributed by atoms with Crippen LogP contribution in [0, 0.1) is 0 Å². The molecule has 0 aliphatic rings. The summed E-state index contributed by atoms with van der Waals surface area (Å²) in [5.74, 6) is -0.457. The molecule has 0 atom stereocenters. The van der Waals surface area contributed by atoms with E-state index in [1.165, 1.54) is 4.57 Å². The first-order chi connectivity index (χ1) is 10.3. The summed E-state index contributed by atoms with van der Waals surface area (Å²) in [7, 11) is 0. The number of fused-ring (bicyclic) bond motifs is 1. The van der Waals surface area contributed by atoms with Crippen molar-refractivity contribution in [2.75, 3.05) is 0 Å². The number of hydrogen-bond acceptors (Lipinski definition) is 5. The number of nitrogens with zero attached hydrogens (tertiary/aromatic N) is 2. The third kappa shape index (κ3) is 2.65. The van der Waals surface area contributed by atoms with E-state index in [1.807, 2.05) is 12.1 Å². The van der Waals surface area contributed by atoms with Crippen molar-refractivity contribution in [2.45, 2.75) is 26.4 Å². The standard InChI is InChI=1S/C15H15N3O4/c1-15(2,3)22-14(20)18-7-6-9-4-5-10(8-11(9)18)12-16-17-13(19)21-12/h4-8H,1-3H3,(H,17,19). The molecule has 0 radical (unpaired) electrons. The van der Waals surface area contributed by atoms with Gasteiger partial charge in [-0.1, -0.05) is 6.07 Å². The number of carbonyl (C=O) groups is 1. The summed E-state index contributed by atoms with van der Waals surface area (Å²) < 4.78 is 11.7. The van der Waals surface area contributed by atoms with E-state index in [4.69, 9.17) is 9.15 Å². The van der Waals surface area contributed by atoms with Gasteiger partial charge in [0.25, 0.3) is 0 Å². The van der Waals surface area contributed by atoms with Crippen LogP contribution in [0.1, 0.15) is 20.8 Å². The molecule has 3 rings (SSSR count). The Morgan fingerprint density at radius 3 is 2.73 bits per heavy atom. The Bertz CT molecular complexity index is 895. The van der Waals surface area contributed by atoms with E-state index in [0.717, 1.165) is 5.39 Å². The molecule has 7 nitrogen and oxygen atoms in total. The van der Waals surface area contributed by atoms with Crippen molar-refractivity contribution >= 4 is 17.0 Å². The first-order valence-corrected chi connectivity index (χ1v) is 6.74. The Hall–Kier alpha value is -2.83. The van der Waals surface area contributed by atoms with Crippen molar-refractivity contribution < 1.29 is 13.9 Å². The lowest BCUT2D eigenvalue weighted by Gasteiger charge is -2.19. The zero-order valence-corrected chi connectivity index (χ0v) is 12.4. The zero-order chi connectivity index (χ0) is 15.9. The summed E-state index contributed by atoms with van der Waals surface area (Å²) in [5, 5.41) is 6.86. The van der Waals surface area contributed by atoms with Gasteiger partial charge in [-0.25, -0.2) is 14.7 Å². The first kappa shape index (κ1) is 14.1. The number of H-pyrrole nitrogens is 1. The fourth-order valence-electron chi connectivity index (χ4n) is 2.09. The van der Waals surface area contributed by atoms with Crippen molar-refractivity contribution in [1.82, 2.24) is 14.8 Å². The topological polar surface area (TPSA) is 90.1 Å². The number of aromatic nitrogens is 3. The monoisotopic (exact) mass is 301 g/mol. The molecule has 0 bridgehead atoms. The van der Waals surface area contributed by atoms with Crippen LogP contribution in [-0.2, 0) is 4.74 Å².